The predicted octanol–water partition coefficient (Wildman–Crippen LogP) is 4.30. The van der Waals surface area contributed by atoms with Gasteiger partial charge >= 0.3 is 5.97 Å². The number of rotatable bonds is 11. The van der Waals surface area contributed by atoms with Crippen LogP contribution in [0.4, 0.5) is 17.1 Å². The number of carboxylic acids is 1. The number of ether oxygens (including phenoxy) is 1. The summed E-state index contributed by atoms with van der Waals surface area (Å²) in [5.74, 6) is -0.840. The first kappa shape index (κ1) is 26.5. The van der Waals surface area contributed by atoms with Gasteiger partial charge in [-0.1, -0.05) is 13.0 Å². The molecule has 3 rings (SSSR count). The molecular weight excluding hydrogens is 466 g/mol. The molecule has 0 aromatic heterocycles. The summed E-state index contributed by atoms with van der Waals surface area (Å²) in [5, 5.41) is 22.0. The first-order chi connectivity index (χ1) is 16.8. The van der Waals surface area contributed by atoms with Crippen molar-refractivity contribution in [2.24, 2.45) is 0 Å². The monoisotopic (exact) mass is 499 g/mol. The Morgan fingerprint density at radius 3 is 2.49 bits per heavy atom. The van der Waals surface area contributed by atoms with Gasteiger partial charge in [0.2, 0.25) is 0 Å². The lowest BCUT2D eigenvalue weighted by molar-refractivity contribution is -0.137. The topological polar surface area (TPSA) is 120 Å². The maximum Gasteiger partial charge on any atom is 0.304 e. The van der Waals surface area contributed by atoms with Crippen molar-refractivity contribution in [1.29, 1.82) is 5.26 Å². The highest BCUT2D eigenvalue weighted by Crippen LogP contribution is 2.36. The van der Waals surface area contributed by atoms with E-state index in [9.17, 15) is 18.3 Å². The van der Waals surface area contributed by atoms with E-state index in [1.54, 1.807) is 19.2 Å². The van der Waals surface area contributed by atoms with Gasteiger partial charge in [-0.25, -0.2) is 8.42 Å². The second-order valence-corrected chi connectivity index (χ2v) is 11.2. The lowest BCUT2D eigenvalue weighted by Gasteiger charge is -2.37. The van der Waals surface area contributed by atoms with Gasteiger partial charge in [-0.05, 0) is 61.2 Å². The largest absolute Gasteiger partial charge is 0.481 e. The van der Waals surface area contributed by atoms with Crippen LogP contribution in [0, 0.1) is 11.3 Å². The predicted molar refractivity (Wildman–Crippen MR) is 137 cm³/mol. The summed E-state index contributed by atoms with van der Waals surface area (Å²) in [4.78, 5) is 13.7. The Balaban J connectivity index is 2.03. The summed E-state index contributed by atoms with van der Waals surface area (Å²) in [6, 6.07) is 15.2. The van der Waals surface area contributed by atoms with E-state index in [1.807, 2.05) is 30.3 Å². The number of hydrogen-bond acceptors (Lipinski definition) is 7. The Bertz CT molecular complexity index is 1140. The van der Waals surface area contributed by atoms with Crippen LogP contribution in [0.15, 0.2) is 42.5 Å². The van der Waals surface area contributed by atoms with Crippen molar-refractivity contribution in [2.75, 3.05) is 42.0 Å². The molecule has 2 aromatic carbocycles. The zero-order chi connectivity index (χ0) is 25.4. The van der Waals surface area contributed by atoms with Gasteiger partial charge < -0.3 is 20.1 Å². The lowest BCUT2D eigenvalue weighted by Crippen LogP contribution is -2.42. The molecule has 1 fully saturated rings. The number of benzene rings is 2. The molecule has 8 nitrogen and oxygen atoms in total. The fraction of sp³-hybridized carbons (Fsp3) is 0.462. The molecule has 1 aliphatic rings. The molecule has 1 atom stereocenters. The summed E-state index contributed by atoms with van der Waals surface area (Å²) < 4.78 is 29.4. The number of nitrogens with zero attached hydrogens (tertiary/aromatic N) is 2. The van der Waals surface area contributed by atoms with Gasteiger partial charge in [0.15, 0.2) is 0 Å². The van der Waals surface area contributed by atoms with Crippen LogP contribution in [0.2, 0.25) is 0 Å². The van der Waals surface area contributed by atoms with Crippen molar-refractivity contribution in [3.05, 3.63) is 53.6 Å². The molecule has 0 radical (unpaired) electrons. The highest BCUT2D eigenvalue weighted by Gasteiger charge is 2.29. The molecule has 1 heterocycles. The standard InChI is InChI=1S/C26H33N3O5S/c1-3-12-29(23-10-13-35(32,33)14-11-23)25-9-6-20(21(18-34-2)16-26(30)31)15-24(25)28-22-7-4-19(17-27)5-8-22/h4-9,15,21,23,28H,3,10-14,16,18H2,1-2H3,(H,30,31). The molecule has 35 heavy (non-hydrogen) atoms. The average Bonchev–Trinajstić information content (AvgIpc) is 2.83. The number of nitrogens with one attached hydrogen (secondary N) is 1. The minimum atomic E-state index is -2.99. The van der Waals surface area contributed by atoms with Gasteiger partial charge in [0, 0.05) is 31.3 Å². The molecular formula is C26H33N3O5S. The molecule has 188 valence electrons. The zero-order valence-corrected chi connectivity index (χ0v) is 21.1. The van der Waals surface area contributed by atoms with Gasteiger partial charge in [-0.3, -0.25) is 4.79 Å². The quantitative estimate of drug-likeness (QED) is 0.470. The summed E-state index contributed by atoms with van der Waals surface area (Å²) >= 11 is 0. The van der Waals surface area contributed by atoms with E-state index in [0.717, 1.165) is 35.6 Å². The Kier molecular flexibility index (Phi) is 9.13. The van der Waals surface area contributed by atoms with Crippen molar-refractivity contribution >= 4 is 32.9 Å². The Morgan fingerprint density at radius 2 is 1.91 bits per heavy atom. The molecule has 0 aliphatic carbocycles. The van der Waals surface area contributed by atoms with Crippen molar-refractivity contribution in [2.45, 2.75) is 44.6 Å². The maximum absolute atomic E-state index is 12.0. The van der Waals surface area contributed by atoms with E-state index in [1.165, 1.54) is 0 Å². The molecule has 0 spiro atoms. The first-order valence-electron chi connectivity index (χ1n) is 11.8. The molecule has 2 N–H and O–H groups in total. The maximum atomic E-state index is 12.0. The number of sulfone groups is 1. The highest BCUT2D eigenvalue weighted by molar-refractivity contribution is 7.91. The number of anilines is 3. The van der Waals surface area contributed by atoms with Gasteiger partial charge in [0.1, 0.15) is 9.84 Å². The molecule has 1 saturated heterocycles. The van der Waals surface area contributed by atoms with Crippen LogP contribution in [0.3, 0.4) is 0 Å². The van der Waals surface area contributed by atoms with Crippen molar-refractivity contribution < 1.29 is 23.1 Å². The Labute approximate surface area is 207 Å². The SMILES string of the molecule is CCCN(c1ccc(C(COC)CC(=O)O)cc1Nc1ccc(C#N)cc1)C1CCS(=O)(=O)CC1. The molecule has 1 unspecified atom stereocenters. The van der Waals surface area contributed by atoms with Crippen LogP contribution in [0.25, 0.3) is 0 Å². The second kappa shape index (κ2) is 12.0. The first-order valence-corrected chi connectivity index (χ1v) is 13.7. The molecule has 0 bridgehead atoms. The summed E-state index contributed by atoms with van der Waals surface area (Å²) in [7, 11) is -1.43. The number of aliphatic carboxylic acids is 1. The van der Waals surface area contributed by atoms with E-state index in [-0.39, 0.29) is 36.5 Å². The number of hydrogen-bond donors (Lipinski definition) is 2. The Morgan fingerprint density at radius 1 is 1.23 bits per heavy atom. The van der Waals surface area contributed by atoms with Crippen LogP contribution in [-0.4, -0.2) is 57.3 Å². The van der Waals surface area contributed by atoms with Crippen LogP contribution in [0.5, 0.6) is 0 Å². The fourth-order valence-electron chi connectivity index (χ4n) is 4.56. The minimum Gasteiger partial charge on any atom is -0.481 e. The fourth-order valence-corrected chi connectivity index (χ4v) is 6.02. The Hall–Kier alpha value is -3.09. The number of carbonyl (C=O) groups is 1. The van der Waals surface area contributed by atoms with E-state index in [2.05, 4.69) is 23.2 Å². The van der Waals surface area contributed by atoms with Crippen molar-refractivity contribution in [1.82, 2.24) is 0 Å². The van der Waals surface area contributed by atoms with E-state index < -0.39 is 15.8 Å². The zero-order valence-electron chi connectivity index (χ0n) is 20.2. The third-order valence-electron chi connectivity index (χ3n) is 6.31. The third-order valence-corrected chi connectivity index (χ3v) is 8.03. The molecule has 0 saturated carbocycles. The van der Waals surface area contributed by atoms with Crippen LogP contribution >= 0.6 is 0 Å². The number of methoxy groups -OCH3 is 1. The normalized spacial score (nSPS) is 16.3. The van der Waals surface area contributed by atoms with Gasteiger partial charge in [0.05, 0.1) is 47.5 Å². The number of carboxylic acid groups (broad SMARTS) is 1. The molecule has 9 heteroatoms. The average molecular weight is 500 g/mol. The molecule has 1 aliphatic heterocycles. The number of nitriles is 1. The smallest absolute Gasteiger partial charge is 0.304 e. The van der Waals surface area contributed by atoms with E-state index >= 15 is 0 Å². The van der Waals surface area contributed by atoms with E-state index in [4.69, 9.17) is 10.00 Å². The van der Waals surface area contributed by atoms with Gasteiger partial charge in [-0.15, -0.1) is 0 Å². The van der Waals surface area contributed by atoms with Crippen LogP contribution in [0.1, 0.15) is 49.7 Å². The highest BCUT2D eigenvalue weighted by atomic mass is 32.2. The second-order valence-electron chi connectivity index (χ2n) is 8.92. The molecule has 2 aromatic rings. The van der Waals surface area contributed by atoms with Gasteiger partial charge in [-0.2, -0.15) is 5.26 Å². The minimum absolute atomic E-state index is 0.0529. The van der Waals surface area contributed by atoms with Crippen LogP contribution < -0.4 is 10.2 Å². The lowest BCUT2D eigenvalue weighted by atomic mass is 9.95. The van der Waals surface area contributed by atoms with Crippen LogP contribution in [-0.2, 0) is 19.4 Å². The van der Waals surface area contributed by atoms with Crippen molar-refractivity contribution in [3.63, 3.8) is 0 Å². The summed E-state index contributed by atoms with van der Waals surface area (Å²) in [6.45, 7) is 3.14. The summed E-state index contributed by atoms with van der Waals surface area (Å²) in [5.41, 5.74) is 3.95. The van der Waals surface area contributed by atoms with E-state index in [0.29, 0.717) is 18.4 Å². The summed E-state index contributed by atoms with van der Waals surface area (Å²) in [6.07, 6.45) is 1.99. The van der Waals surface area contributed by atoms with Crippen molar-refractivity contribution in [3.8, 4) is 6.07 Å². The third kappa shape index (κ3) is 7.20. The van der Waals surface area contributed by atoms with Gasteiger partial charge in [0.25, 0.3) is 0 Å². The molecule has 0 amide bonds.